The molecule has 0 atom stereocenters. The molecule has 6 rings (SSSR count). The van der Waals surface area contributed by atoms with E-state index in [1.54, 1.807) is 23.2 Å². The van der Waals surface area contributed by atoms with Crippen molar-refractivity contribution in [1.82, 2.24) is 34.4 Å². The number of aromatic nitrogens is 6. The van der Waals surface area contributed by atoms with Crippen LogP contribution in [0.25, 0.3) is 16.6 Å². The highest BCUT2D eigenvalue weighted by atomic mass is 16.5. The number of hydrogen-bond acceptors (Lipinski definition) is 10. The molecule has 5 aromatic rings. The maximum absolute atomic E-state index is 6.45. The molecule has 4 heterocycles. The van der Waals surface area contributed by atoms with Crippen LogP contribution in [-0.2, 0) is 0 Å². The molecule has 0 unspecified atom stereocenters. The number of likely N-dealkylation sites (N-methyl/N-ethyl adjacent to an activating group) is 1. The second-order valence-electron chi connectivity index (χ2n) is 9.14. The molecular weight excluding hydrogens is 456 g/mol. The van der Waals surface area contributed by atoms with Crippen molar-refractivity contribution in [2.75, 3.05) is 43.1 Å². The van der Waals surface area contributed by atoms with Crippen molar-refractivity contribution in [3.63, 3.8) is 0 Å². The molecule has 36 heavy (non-hydrogen) atoms. The van der Waals surface area contributed by atoms with Crippen LogP contribution in [0, 0.1) is 6.92 Å². The van der Waals surface area contributed by atoms with Gasteiger partial charge in [-0.2, -0.15) is 5.10 Å². The number of hydrogen-bond donors (Lipinski definition) is 2. The van der Waals surface area contributed by atoms with E-state index < -0.39 is 0 Å². The molecule has 2 aromatic carbocycles. The molecule has 11 nitrogen and oxygen atoms in total. The number of aryl methyl sites for hydroxylation is 1. The number of nitrogens with two attached hydrogens (primary N) is 1. The summed E-state index contributed by atoms with van der Waals surface area (Å²) >= 11 is 0. The first-order chi connectivity index (χ1) is 17.5. The fourth-order valence-electron chi connectivity index (χ4n) is 4.41. The first-order valence-corrected chi connectivity index (χ1v) is 11.6. The number of fused-ring (bicyclic) bond motifs is 2. The summed E-state index contributed by atoms with van der Waals surface area (Å²) in [7, 11) is 4.20. The Kier molecular flexibility index (Phi) is 5.26. The Morgan fingerprint density at radius 2 is 1.89 bits per heavy atom. The zero-order chi connectivity index (χ0) is 24.8. The number of benzene rings is 2. The number of nitrogen functional groups attached to an aromatic ring is 1. The zero-order valence-electron chi connectivity index (χ0n) is 20.3. The third kappa shape index (κ3) is 3.89. The van der Waals surface area contributed by atoms with Gasteiger partial charge in [0, 0.05) is 30.9 Å². The molecule has 0 bridgehead atoms. The first-order valence-electron chi connectivity index (χ1n) is 11.6. The van der Waals surface area contributed by atoms with Crippen LogP contribution in [0.5, 0.6) is 11.6 Å². The highest BCUT2D eigenvalue weighted by Crippen LogP contribution is 2.39. The molecule has 0 amide bonds. The van der Waals surface area contributed by atoms with Crippen molar-refractivity contribution in [3.8, 4) is 11.6 Å². The van der Waals surface area contributed by atoms with Gasteiger partial charge in [-0.1, -0.05) is 0 Å². The number of nitrogens with zero attached hydrogens (tertiary/aromatic N) is 8. The lowest BCUT2D eigenvalue weighted by atomic mass is 10.0. The summed E-state index contributed by atoms with van der Waals surface area (Å²) in [5.41, 5.74) is 11.5. The molecule has 1 fully saturated rings. The molecule has 182 valence electrons. The number of anilines is 4. The van der Waals surface area contributed by atoms with Crippen LogP contribution in [-0.4, -0.2) is 67.7 Å². The highest BCUT2D eigenvalue weighted by molar-refractivity contribution is 6.05. The van der Waals surface area contributed by atoms with E-state index in [4.69, 9.17) is 10.5 Å². The second kappa shape index (κ2) is 8.61. The normalized spacial score (nSPS) is 13.9. The van der Waals surface area contributed by atoms with Crippen molar-refractivity contribution in [2.24, 2.45) is 0 Å². The minimum atomic E-state index is 0.451. The van der Waals surface area contributed by atoms with Crippen molar-refractivity contribution >= 4 is 39.4 Å². The maximum Gasteiger partial charge on any atom is 0.224 e. The molecule has 0 saturated carbocycles. The van der Waals surface area contributed by atoms with E-state index in [9.17, 15) is 0 Å². The smallest absolute Gasteiger partial charge is 0.224 e. The van der Waals surface area contributed by atoms with Crippen molar-refractivity contribution < 1.29 is 4.74 Å². The molecular formula is C25H26N10O. The Morgan fingerprint density at radius 3 is 2.69 bits per heavy atom. The predicted octanol–water partition coefficient (Wildman–Crippen LogP) is 3.24. The molecule has 1 aliphatic heterocycles. The molecule has 0 radical (unpaired) electrons. The molecule has 11 heteroatoms. The van der Waals surface area contributed by atoms with Crippen LogP contribution in [0.2, 0.25) is 0 Å². The molecule has 1 aliphatic rings. The lowest BCUT2D eigenvalue weighted by Crippen LogP contribution is -2.57. The Bertz CT molecular complexity index is 1570. The fourth-order valence-corrected chi connectivity index (χ4v) is 4.41. The molecule has 0 spiro atoms. The average Bonchev–Trinajstić information content (AvgIpc) is 3.29. The van der Waals surface area contributed by atoms with Gasteiger partial charge in [0.25, 0.3) is 0 Å². The number of rotatable bonds is 6. The van der Waals surface area contributed by atoms with E-state index in [1.165, 1.54) is 6.33 Å². The molecule has 3 N–H and O–H groups in total. The zero-order valence-corrected chi connectivity index (χ0v) is 20.3. The standard InChI is InChI=1S/C25H26N10O/c1-15-8-16(4-7-20(15)36-22-9-21-28-13-31-35(21)14-30-22)32-25-23-19(27-12-29-25)6-5-18(26)24(23)34-10-17(11-34)33(2)3/h4-9,12-14,17H,10-11,26H2,1-3H3,(H,27,29,32). The van der Waals surface area contributed by atoms with E-state index in [-0.39, 0.29) is 0 Å². The molecule has 0 aliphatic carbocycles. The minimum Gasteiger partial charge on any atom is -0.439 e. The van der Waals surface area contributed by atoms with E-state index in [2.05, 4.69) is 54.2 Å². The van der Waals surface area contributed by atoms with Gasteiger partial charge in [0.05, 0.1) is 22.3 Å². The van der Waals surface area contributed by atoms with Gasteiger partial charge >= 0.3 is 0 Å². The summed E-state index contributed by atoms with van der Waals surface area (Å²) in [6.07, 6.45) is 4.62. The first kappa shape index (κ1) is 22.0. The van der Waals surface area contributed by atoms with Gasteiger partial charge in [-0.3, -0.25) is 0 Å². The Labute approximate surface area is 207 Å². The van der Waals surface area contributed by atoms with Gasteiger partial charge in [-0.25, -0.2) is 24.5 Å². The Morgan fingerprint density at radius 1 is 1.03 bits per heavy atom. The SMILES string of the molecule is Cc1cc(Nc2ncnc3ccc(N)c(N4CC(N(C)C)C4)c23)ccc1Oc1cc2ncnn2cn1. The summed E-state index contributed by atoms with van der Waals surface area (Å²) in [4.78, 5) is 22.1. The van der Waals surface area contributed by atoms with Gasteiger partial charge in [0.15, 0.2) is 5.65 Å². The summed E-state index contributed by atoms with van der Waals surface area (Å²) < 4.78 is 7.59. The summed E-state index contributed by atoms with van der Waals surface area (Å²) in [6.45, 7) is 3.80. The van der Waals surface area contributed by atoms with Crippen LogP contribution in [0.3, 0.4) is 0 Å². The average molecular weight is 483 g/mol. The van der Waals surface area contributed by atoms with Gasteiger partial charge in [0.2, 0.25) is 5.88 Å². The third-order valence-electron chi connectivity index (χ3n) is 6.52. The predicted molar refractivity (Wildman–Crippen MR) is 139 cm³/mol. The lowest BCUT2D eigenvalue weighted by molar-refractivity contribution is 0.247. The largest absolute Gasteiger partial charge is 0.439 e. The summed E-state index contributed by atoms with van der Waals surface area (Å²) in [6, 6.07) is 12.0. The van der Waals surface area contributed by atoms with Crippen LogP contribution in [0.4, 0.5) is 22.9 Å². The molecule has 1 saturated heterocycles. The lowest BCUT2D eigenvalue weighted by Gasteiger charge is -2.45. The van der Waals surface area contributed by atoms with Crippen molar-refractivity contribution in [1.29, 1.82) is 0 Å². The monoisotopic (exact) mass is 482 g/mol. The van der Waals surface area contributed by atoms with Gasteiger partial charge < -0.3 is 25.6 Å². The van der Waals surface area contributed by atoms with E-state index in [0.717, 1.165) is 46.6 Å². The fraction of sp³-hybridized carbons (Fsp3) is 0.240. The molecule has 3 aromatic heterocycles. The quantitative estimate of drug-likeness (QED) is 0.349. The summed E-state index contributed by atoms with van der Waals surface area (Å²) in [5, 5.41) is 8.44. The van der Waals surface area contributed by atoms with Gasteiger partial charge in [-0.05, 0) is 56.9 Å². The van der Waals surface area contributed by atoms with Gasteiger partial charge in [-0.15, -0.1) is 0 Å². The maximum atomic E-state index is 6.45. The minimum absolute atomic E-state index is 0.451. The number of nitrogens with one attached hydrogen (secondary N) is 1. The Hall–Kier alpha value is -4.51. The van der Waals surface area contributed by atoms with E-state index >= 15 is 0 Å². The topological polar surface area (TPSA) is 123 Å². The van der Waals surface area contributed by atoms with Crippen LogP contribution >= 0.6 is 0 Å². The van der Waals surface area contributed by atoms with Crippen molar-refractivity contribution in [2.45, 2.75) is 13.0 Å². The van der Waals surface area contributed by atoms with Gasteiger partial charge in [0.1, 0.15) is 30.5 Å². The number of ether oxygens (including phenoxy) is 1. The van der Waals surface area contributed by atoms with Crippen LogP contribution < -0.4 is 20.7 Å². The highest BCUT2D eigenvalue weighted by Gasteiger charge is 2.31. The van der Waals surface area contributed by atoms with Crippen LogP contribution in [0.15, 0.2) is 55.4 Å². The van der Waals surface area contributed by atoms with E-state index in [1.807, 2.05) is 37.3 Å². The van der Waals surface area contributed by atoms with E-state index in [0.29, 0.717) is 29.1 Å². The Balaban J connectivity index is 1.29. The van der Waals surface area contributed by atoms with Crippen LogP contribution in [0.1, 0.15) is 5.56 Å². The third-order valence-corrected chi connectivity index (χ3v) is 6.52. The summed E-state index contributed by atoms with van der Waals surface area (Å²) in [5.74, 6) is 1.86. The second-order valence-corrected chi connectivity index (χ2v) is 9.14. The van der Waals surface area contributed by atoms with Crippen molar-refractivity contribution in [3.05, 3.63) is 60.9 Å².